The number of pyridine rings is 1. The molecule has 0 atom stereocenters. The molecule has 2 aromatic heterocycles. The smallest absolute Gasteiger partial charge is 0.332 e. The van der Waals surface area contributed by atoms with E-state index in [2.05, 4.69) is 34.4 Å². The lowest BCUT2D eigenvalue weighted by Crippen LogP contribution is -2.45. The van der Waals surface area contributed by atoms with Crippen LogP contribution < -0.4 is 5.43 Å². The Kier molecular flexibility index (Phi) is 5.86. The van der Waals surface area contributed by atoms with Gasteiger partial charge in [-0.15, -0.1) is 3.89 Å². The maximum Gasteiger partial charge on any atom is 0.332 e. The second-order valence-corrected chi connectivity index (χ2v) is 12.2. The molecule has 1 saturated heterocycles. The molecule has 0 radical (unpaired) electrons. The summed E-state index contributed by atoms with van der Waals surface area (Å²) in [6.07, 6.45) is 0.654. The zero-order valence-corrected chi connectivity index (χ0v) is 22.6. The van der Waals surface area contributed by atoms with E-state index in [9.17, 15) is 22.4 Å². The molecule has 3 aromatic carbocycles. The highest BCUT2D eigenvalue weighted by Crippen LogP contribution is 2.36. The molecule has 0 aliphatic carbocycles. The van der Waals surface area contributed by atoms with E-state index in [1.54, 1.807) is 18.2 Å². The minimum atomic E-state index is -4.88. The maximum atomic E-state index is 14.1. The topological polar surface area (TPSA) is 99.0 Å². The van der Waals surface area contributed by atoms with E-state index in [1.807, 2.05) is 25.2 Å². The molecule has 1 aliphatic rings. The molecule has 1 fully saturated rings. The van der Waals surface area contributed by atoms with Crippen LogP contribution in [0.25, 0.3) is 44.0 Å². The summed E-state index contributed by atoms with van der Waals surface area (Å²) in [5.41, 5.74) is 4.79. The van der Waals surface area contributed by atoms with Gasteiger partial charge in [0.1, 0.15) is 5.65 Å². The molecule has 6 rings (SSSR count). The Bertz CT molecular complexity index is 2010. The van der Waals surface area contributed by atoms with Crippen LogP contribution in [0.1, 0.15) is 31.0 Å². The van der Waals surface area contributed by atoms with Crippen molar-refractivity contribution < 1.29 is 12.3 Å². The van der Waals surface area contributed by atoms with Crippen molar-refractivity contribution in [1.29, 1.82) is 5.26 Å². The molecule has 0 amide bonds. The highest BCUT2D eigenvalue weighted by atomic mass is 32.3. The van der Waals surface area contributed by atoms with E-state index < -0.39 is 15.1 Å². The largest absolute Gasteiger partial charge is 0.340 e. The van der Waals surface area contributed by atoms with Gasteiger partial charge in [0.05, 0.1) is 33.5 Å². The van der Waals surface area contributed by atoms with Crippen LogP contribution in [0.4, 0.5) is 3.89 Å². The van der Waals surface area contributed by atoms with E-state index in [0.717, 1.165) is 40.6 Å². The van der Waals surface area contributed by atoms with Crippen LogP contribution in [-0.2, 0) is 16.6 Å². The van der Waals surface area contributed by atoms with Crippen LogP contribution in [0.15, 0.2) is 64.3 Å². The number of likely N-dealkylation sites (N-methyl/N-ethyl adjacent to an activating group) is 1. The second-order valence-electron chi connectivity index (χ2n) is 10.9. The third-order valence-corrected chi connectivity index (χ3v) is 8.38. The first-order valence-electron chi connectivity index (χ1n) is 12.9. The van der Waals surface area contributed by atoms with E-state index >= 15 is 0 Å². The van der Waals surface area contributed by atoms with Gasteiger partial charge in [0.25, 0.3) is 0 Å². The van der Waals surface area contributed by atoms with Crippen LogP contribution in [-0.4, -0.2) is 43.0 Å². The van der Waals surface area contributed by atoms with Crippen molar-refractivity contribution in [3.63, 3.8) is 0 Å². The van der Waals surface area contributed by atoms with Crippen LogP contribution >= 0.6 is 0 Å². The first kappa shape index (κ1) is 25.3. The van der Waals surface area contributed by atoms with E-state index in [0.29, 0.717) is 34.0 Å². The molecule has 7 nitrogen and oxygen atoms in total. The van der Waals surface area contributed by atoms with Gasteiger partial charge in [0.2, 0.25) is 0 Å². The number of halogens is 1. The van der Waals surface area contributed by atoms with Crippen molar-refractivity contribution >= 4 is 43.1 Å². The summed E-state index contributed by atoms with van der Waals surface area (Å²) in [4.78, 5) is 19.3. The van der Waals surface area contributed by atoms with Gasteiger partial charge in [-0.05, 0) is 72.5 Å². The monoisotopic (exact) mass is 542 g/mol. The van der Waals surface area contributed by atoms with Gasteiger partial charge in [0.15, 0.2) is 5.43 Å². The summed E-state index contributed by atoms with van der Waals surface area (Å²) in [6.45, 7) is 5.75. The molecule has 5 aromatic rings. The quantitative estimate of drug-likeness (QED) is 0.295. The second kappa shape index (κ2) is 9.04. The summed E-state index contributed by atoms with van der Waals surface area (Å²) < 4.78 is 39.5. The van der Waals surface area contributed by atoms with E-state index in [1.165, 1.54) is 18.2 Å². The summed E-state index contributed by atoms with van der Waals surface area (Å²) in [5, 5.41) is 11.4. The first-order chi connectivity index (χ1) is 18.5. The molecule has 9 heteroatoms. The van der Waals surface area contributed by atoms with Gasteiger partial charge in [-0.1, -0.05) is 32.0 Å². The van der Waals surface area contributed by atoms with Gasteiger partial charge in [-0.25, -0.2) is 0 Å². The minimum Gasteiger partial charge on any atom is -0.340 e. The fourth-order valence-electron chi connectivity index (χ4n) is 5.83. The minimum absolute atomic E-state index is 0.100. The Hall–Kier alpha value is -4.00. The number of likely N-dealkylation sites (tertiary alicyclic amines) is 1. The van der Waals surface area contributed by atoms with Crippen molar-refractivity contribution in [3.8, 4) is 17.2 Å². The van der Waals surface area contributed by atoms with Gasteiger partial charge in [-0.2, -0.15) is 13.7 Å². The van der Waals surface area contributed by atoms with Crippen LogP contribution in [0.5, 0.6) is 0 Å². The fraction of sp³-hybridized carbons (Fsp3) is 0.267. The Morgan fingerprint density at radius 3 is 2.54 bits per heavy atom. The molecule has 0 saturated carbocycles. The van der Waals surface area contributed by atoms with Gasteiger partial charge in [0, 0.05) is 29.4 Å². The molecule has 39 heavy (non-hydrogen) atoms. The lowest BCUT2D eigenvalue weighted by molar-refractivity contribution is 0.146. The van der Waals surface area contributed by atoms with Crippen molar-refractivity contribution in [1.82, 2.24) is 14.5 Å². The maximum absolute atomic E-state index is 14.1. The molecule has 0 bridgehead atoms. The molecule has 0 unspecified atom stereocenters. The number of hydrogen-bond donors (Lipinski definition) is 1. The molecule has 198 valence electrons. The summed E-state index contributed by atoms with van der Waals surface area (Å²) >= 11 is 0. The van der Waals surface area contributed by atoms with Gasteiger partial charge in [-0.3, -0.25) is 4.79 Å². The van der Waals surface area contributed by atoms with Gasteiger partial charge >= 0.3 is 10.2 Å². The number of H-pyrrole nitrogens is 1. The normalized spacial score (nSPS) is 14.9. The number of nitrogens with one attached hydrogen (secondary N) is 1. The molecule has 1 N–H and O–H groups in total. The number of nitrogens with zero attached hydrogens (tertiary/aromatic N) is 3. The number of fused-ring (bicyclic) bond motifs is 4. The summed E-state index contributed by atoms with van der Waals surface area (Å²) in [6, 6.07) is 17.3. The fourth-order valence-corrected chi connectivity index (χ4v) is 6.34. The van der Waals surface area contributed by atoms with Crippen molar-refractivity contribution in [2.45, 2.75) is 31.2 Å². The Balaban J connectivity index is 1.74. The van der Waals surface area contributed by atoms with E-state index in [4.69, 9.17) is 0 Å². The Morgan fingerprint density at radius 1 is 1.10 bits per heavy atom. The molecular formula is C30H27FN4O3S. The third-order valence-electron chi connectivity index (χ3n) is 7.57. The number of benzene rings is 3. The molecule has 1 aliphatic heterocycles. The predicted octanol–water partition coefficient (Wildman–Crippen LogP) is 5.52. The van der Waals surface area contributed by atoms with Crippen LogP contribution in [0.2, 0.25) is 0 Å². The number of aromatic amines is 1. The Labute approximate surface area is 225 Å². The van der Waals surface area contributed by atoms with Crippen molar-refractivity contribution in [2.75, 3.05) is 20.1 Å². The van der Waals surface area contributed by atoms with Crippen LogP contribution in [0, 0.1) is 17.2 Å². The van der Waals surface area contributed by atoms with Crippen molar-refractivity contribution in [2.24, 2.45) is 5.92 Å². The highest BCUT2D eigenvalue weighted by Gasteiger charge is 2.29. The Morgan fingerprint density at radius 2 is 1.87 bits per heavy atom. The molecule has 0 spiro atoms. The summed E-state index contributed by atoms with van der Waals surface area (Å²) in [7, 11) is -2.84. The predicted molar refractivity (Wildman–Crippen MR) is 151 cm³/mol. The van der Waals surface area contributed by atoms with Crippen molar-refractivity contribution in [3.05, 3.63) is 75.9 Å². The van der Waals surface area contributed by atoms with Crippen LogP contribution in [0.3, 0.4) is 0 Å². The number of rotatable bonds is 5. The lowest BCUT2D eigenvalue weighted by Gasteiger charge is -2.39. The highest BCUT2D eigenvalue weighted by molar-refractivity contribution is 7.86. The van der Waals surface area contributed by atoms with E-state index in [-0.39, 0.29) is 17.4 Å². The zero-order chi connectivity index (χ0) is 27.6. The lowest BCUT2D eigenvalue weighted by atomic mass is 9.91. The standard InChI is InChI=1S/C30H27FN4O3S/c1-17(2)9-20-12-25-27(13-24(20)19-5-4-6-22(11-19)39(31,37)38)35(21-15-34(3)16-21)30-28(29(25)36)23-8-7-18(14-32)10-26(23)33-30/h4-8,10-13,17,21,33H,9,15-16H2,1-3H3. The number of aromatic nitrogens is 2. The summed E-state index contributed by atoms with van der Waals surface area (Å²) in [5.74, 6) is 0.262. The number of nitriles is 1. The number of hydrogen-bond acceptors (Lipinski definition) is 5. The van der Waals surface area contributed by atoms with Gasteiger partial charge < -0.3 is 14.5 Å². The SMILES string of the molecule is CC(C)Cc1cc2c(=O)c3c4ccc(C#N)cc4[nH]c3n(C3CN(C)C3)c2cc1-c1cccc(S(=O)(=O)F)c1. The zero-order valence-electron chi connectivity index (χ0n) is 21.8. The molecule has 3 heterocycles. The first-order valence-corrected chi connectivity index (χ1v) is 14.2. The molecular weight excluding hydrogens is 515 g/mol. The average molecular weight is 543 g/mol. The third kappa shape index (κ3) is 4.20. The average Bonchev–Trinajstić information content (AvgIpc) is 3.25.